The highest BCUT2D eigenvalue weighted by Gasteiger charge is 2.21. The lowest BCUT2D eigenvalue weighted by atomic mass is 9.95. The third-order valence-corrected chi connectivity index (χ3v) is 5.49. The molecule has 3 heteroatoms. The lowest BCUT2D eigenvalue weighted by molar-refractivity contribution is -0.107. The van der Waals surface area contributed by atoms with Crippen molar-refractivity contribution in [1.82, 2.24) is 0 Å². The van der Waals surface area contributed by atoms with Gasteiger partial charge in [0.05, 0.1) is 5.60 Å². The molecule has 1 rings (SSSR count). The highest BCUT2D eigenvalue weighted by Crippen LogP contribution is 2.32. The molecular weight excluding hydrogens is 304 g/mol. The maximum atomic E-state index is 11.8. The number of hydrogen-bond acceptors (Lipinski definition) is 3. The maximum Gasteiger partial charge on any atom is 0.212 e. The van der Waals surface area contributed by atoms with Crippen LogP contribution in [0.2, 0.25) is 0 Å². The van der Waals surface area contributed by atoms with Crippen molar-refractivity contribution in [2.24, 2.45) is 11.8 Å². The molecule has 0 radical (unpaired) electrons. The molecule has 2 nitrogen and oxygen atoms in total. The standard InChI is InChI=1S/C20H34O2S/c1-16(10-7-13-20(3,4)22-5)8-6-9-17(2)14-19(21)23-15-18-11-12-18/h6,9,14,16,18H,7-8,10-13,15H2,1-5H3/b9-6+,17-14+. The topological polar surface area (TPSA) is 26.3 Å². The van der Waals surface area contributed by atoms with Gasteiger partial charge in [0.2, 0.25) is 5.12 Å². The van der Waals surface area contributed by atoms with Crippen LogP contribution in [0.25, 0.3) is 0 Å². The summed E-state index contributed by atoms with van der Waals surface area (Å²) < 4.78 is 5.45. The summed E-state index contributed by atoms with van der Waals surface area (Å²) in [7, 11) is 1.78. The summed E-state index contributed by atoms with van der Waals surface area (Å²) in [5.41, 5.74) is 1.05. The highest BCUT2D eigenvalue weighted by molar-refractivity contribution is 8.14. The zero-order chi connectivity index (χ0) is 17.3. The summed E-state index contributed by atoms with van der Waals surface area (Å²) in [6.45, 7) is 8.59. The minimum Gasteiger partial charge on any atom is -0.379 e. The summed E-state index contributed by atoms with van der Waals surface area (Å²) in [5, 5.41) is 0.203. The van der Waals surface area contributed by atoms with E-state index in [4.69, 9.17) is 4.74 Å². The van der Waals surface area contributed by atoms with Gasteiger partial charge < -0.3 is 4.74 Å². The Kier molecular flexibility index (Phi) is 9.23. The van der Waals surface area contributed by atoms with Crippen molar-refractivity contribution < 1.29 is 9.53 Å². The monoisotopic (exact) mass is 338 g/mol. The fourth-order valence-electron chi connectivity index (χ4n) is 2.34. The number of carbonyl (C=O) groups excluding carboxylic acids is 1. The van der Waals surface area contributed by atoms with Gasteiger partial charge in [-0.25, -0.2) is 0 Å². The first-order valence-corrected chi connectivity index (χ1v) is 9.87. The summed E-state index contributed by atoms with van der Waals surface area (Å²) in [6, 6.07) is 0. The predicted molar refractivity (Wildman–Crippen MR) is 102 cm³/mol. The van der Waals surface area contributed by atoms with Gasteiger partial charge in [0.25, 0.3) is 0 Å². The third-order valence-electron chi connectivity index (χ3n) is 4.45. The molecule has 1 atom stereocenters. The normalized spacial score (nSPS) is 17.7. The molecule has 0 heterocycles. The smallest absolute Gasteiger partial charge is 0.212 e. The average Bonchev–Trinajstić information content (AvgIpc) is 3.29. The molecule has 1 aliphatic carbocycles. The second-order valence-electron chi connectivity index (χ2n) is 7.56. The van der Waals surface area contributed by atoms with Gasteiger partial charge in [0, 0.05) is 12.9 Å². The van der Waals surface area contributed by atoms with Crippen molar-refractivity contribution in [2.75, 3.05) is 12.9 Å². The lowest BCUT2D eigenvalue weighted by Gasteiger charge is -2.23. The van der Waals surface area contributed by atoms with Gasteiger partial charge in [-0.1, -0.05) is 43.7 Å². The van der Waals surface area contributed by atoms with E-state index in [1.165, 1.54) is 37.4 Å². The van der Waals surface area contributed by atoms with Crippen LogP contribution in [-0.4, -0.2) is 23.6 Å². The number of hydrogen-bond donors (Lipinski definition) is 0. The molecule has 1 saturated carbocycles. The van der Waals surface area contributed by atoms with Crippen molar-refractivity contribution in [1.29, 1.82) is 0 Å². The Bertz CT molecular complexity index is 419. The van der Waals surface area contributed by atoms with Crippen LogP contribution in [-0.2, 0) is 9.53 Å². The number of carbonyl (C=O) groups is 1. The summed E-state index contributed by atoms with van der Waals surface area (Å²) >= 11 is 1.47. The number of ether oxygens (including phenoxy) is 1. The fourth-order valence-corrected chi connectivity index (χ4v) is 3.35. The SMILES string of the molecule is COC(C)(C)CCCC(C)C/C=C/C(C)=C/C(=O)SCC1CC1. The minimum atomic E-state index is -0.00657. The Morgan fingerprint density at radius 3 is 2.70 bits per heavy atom. The van der Waals surface area contributed by atoms with Gasteiger partial charge in [-0.3, -0.25) is 4.79 Å². The minimum absolute atomic E-state index is 0.00657. The fraction of sp³-hybridized carbons (Fsp3) is 0.750. The number of methoxy groups -OCH3 is 1. The van der Waals surface area contributed by atoms with E-state index < -0.39 is 0 Å². The summed E-state index contributed by atoms with van der Waals surface area (Å²) in [5.74, 6) is 2.48. The van der Waals surface area contributed by atoms with E-state index in [1.807, 2.05) is 6.92 Å². The van der Waals surface area contributed by atoms with Gasteiger partial charge in [-0.2, -0.15) is 0 Å². The van der Waals surface area contributed by atoms with Crippen LogP contribution in [0.3, 0.4) is 0 Å². The van der Waals surface area contributed by atoms with Gasteiger partial charge >= 0.3 is 0 Å². The van der Waals surface area contributed by atoms with Crippen LogP contribution in [0.4, 0.5) is 0 Å². The molecule has 0 N–H and O–H groups in total. The van der Waals surface area contributed by atoms with E-state index in [2.05, 4.69) is 32.9 Å². The molecule has 1 unspecified atom stereocenters. The molecule has 0 aromatic heterocycles. The van der Waals surface area contributed by atoms with Gasteiger partial charge in [0.15, 0.2) is 0 Å². The van der Waals surface area contributed by atoms with Crippen LogP contribution in [0.1, 0.15) is 66.2 Å². The van der Waals surface area contributed by atoms with Gasteiger partial charge in [-0.15, -0.1) is 0 Å². The van der Waals surface area contributed by atoms with Crippen LogP contribution in [0.15, 0.2) is 23.8 Å². The van der Waals surface area contributed by atoms with E-state index >= 15 is 0 Å². The molecule has 23 heavy (non-hydrogen) atoms. The quantitative estimate of drug-likeness (QED) is 0.353. The summed E-state index contributed by atoms with van der Waals surface area (Å²) in [6.07, 6.45) is 13.3. The highest BCUT2D eigenvalue weighted by atomic mass is 32.2. The van der Waals surface area contributed by atoms with Crippen LogP contribution < -0.4 is 0 Å². The molecule has 132 valence electrons. The summed E-state index contributed by atoms with van der Waals surface area (Å²) in [4.78, 5) is 11.8. The van der Waals surface area contributed by atoms with Crippen LogP contribution in [0.5, 0.6) is 0 Å². The molecular formula is C20H34O2S. The van der Waals surface area contributed by atoms with Crippen molar-refractivity contribution in [3.05, 3.63) is 23.8 Å². The first kappa shape index (κ1) is 20.5. The molecule has 0 bridgehead atoms. The van der Waals surface area contributed by atoms with Crippen LogP contribution >= 0.6 is 11.8 Å². The Balaban J connectivity index is 2.18. The Hall–Kier alpha value is -0.540. The van der Waals surface area contributed by atoms with Gasteiger partial charge in [-0.05, 0) is 69.9 Å². The first-order valence-electron chi connectivity index (χ1n) is 8.89. The van der Waals surface area contributed by atoms with E-state index in [1.54, 1.807) is 13.2 Å². The number of rotatable bonds is 11. The van der Waals surface area contributed by atoms with Crippen LogP contribution in [0, 0.1) is 11.8 Å². The molecule has 0 aromatic carbocycles. The molecule has 0 saturated heterocycles. The molecule has 1 aliphatic rings. The first-order chi connectivity index (χ1) is 10.8. The van der Waals surface area contributed by atoms with E-state index in [0.717, 1.165) is 30.1 Å². The van der Waals surface area contributed by atoms with Crippen molar-refractivity contribution in [3.63, 3.8) is 0 Å². The van der Waals surface area contributed by atoms with Crippen molar-refractivity contribution in [3.8, 4) is 0 Å². The lowest BCUT2D eigenvalue weighted by Crippen LogP contribution is -2.22. The number of allylic oxidation sites excluding steroid dienone is 3. The van der Waals surface area contributed by atoms with Crippen molar-refractivity contribution in [2.45, 2.75) is 71.8 Å². The second-order valence-corrected chi connectivity index (χ2v) is 8.59. The number of thioether (sulfide) groups is 1. The molecule has 0 aromatic rings. The Labute approximate surface area is 147 Å². The zero-order valence-corrected chi connectivity index (χ0v) is 16.4. The predicted octanol–water partition coefficient (Wildman–Crippen LogP) is 5.78. The van der Waals surface area contributed by atoms with Crippen molar-refractivity contribution >= 4 is 16.9 Å². The largest absolute Gasteiger partial charge is 0.379 e. The zero-order valence-electron chi connectivity index (χ0n) is 15.6. The second kappa shape index (κ2) is 10.4. The molecule has 0 aliphatic heterocycles. The Morgan fingerprint density at radius 1 is 1.39 bits per heavy atom. The third kappa shape index (κ3) is 10.8. The molecule has 0 amide bonds. The molecule has 1 fully saturated rings. The van der Waals surface area contributed by atoms with E-state index in [0.29, 0.717) is 5.92 Å². The Morgan fingerprint density at radius 2 is 2.09 bits per heavy atom. The van der Waals surface area contributed by atoms with E-state index in [9.17, 15) is 4.79 Å². The maximum absolute atomic E-state index is 11.8. The average molecular weight is 339 g/mol. The van der Waals surface area contributed by atoms with E-state index in [-0.39, 0.29) is 10.7 Å². The molecule has 0 spiro atoms. The van der Waals surface area contributed by atoms with Gasteiger partial charge in [0.1, 0.15) is 0 Å².